The Bertz CT molecular complexity index is 397. The van der Waals surface area contributed by atoms with Crippen LogP contribution in [0.5, 0.6) is 11.5 Å². The summed E-state index contributed by atoms with van der Waals surface area (Å²) in [6.45, 7) is 8.75. The molecule has 1 aromatic heterocycles. The minimum absolute atomic E-state index is 0.132. The molecule has 1 heterocycles. The summed E-state index contributed by atoms with van der Waals surface area (Å²) in [6, 6.07) is 1.62. The maximum atomic E-state index is 9.45. The molecule has 0 saturated heterocycles. The molecule has 1 N–H and O–H groups in total. The van der Waals surface area contributed by atoms with Gasteiger partial charge in [-0.3, -0.25) is 4.98 Å². The lowest BCUT2D eigenvalue weighted by Gasteiger charge is -2.22. The van der Waals surface area contributed by atoms with Gasteiger partial charge in [0.25, 0.3) is 0 Å². The molecule has 0 saturated carbocycles. The van der Waals surface area contributed by atoms with Crippen LogP contribution >= 0.6 is 0 Å². The number of ether oxygens (including phenoxy) is 1. The van der Waals surface area contributed by atoms with E-state index in [-0.39, 0.29) is 11.2 Å². The summed E-state index contributed by atoms with van der Waals surface area (Å²) in [5, 5.41) is 9.45. The Hall–Kier alpha value is -1.51. The van der Waals surface area contributed by atoms with Crippen molar-refractivity contribution in [2.24, 2.45) is 0 Å². The van der Waals surface area contributed by atoms with Crippen molar-refractivity contribution in [3.8, 4) is 11.5 Å². The predicted octanol–water partition coefficient (Wildman–Crippen LogP) is 3.43. The lowest BCUT2D eigenvalue weighted by Crippen LogP contribution is -2.17. The summed E-state index contributed by atoms with van der Waals surface area (Å²) in [5.74, 6) is 0.783. The van der Waals surface area contributed by atoms with Crippen molar-refractivity contribution in [1.82, 2.24) is 4.98 Å². The van der Waals surface area contributed by atoms with Crippen molar-refractivity contribution >= 4 is 0 Å². The van der Waals surface area contributed by atoms with Gasteiger partial charge in [0.05, 0.1) is 18.5 Å². The van der Waals surface area contributed by atoms with Gasteiger partial charge in [-0.2, -0.15) is 0 Å². The van der Waals surface area contributed by atoms with Crippen LogP contribution in [0.3, 0.4) is 0 Å². The Morgan fingerprint density at radius 3 is 2.71 bits per heavy atom. The van der Waals surface area contributed by atoms with Crippen LogP contribution in [0.1, 0.15) is 39.8 Å². The molecule has 17 heavy (non-hydrogen) atoms. The summed E-state index contributed by atoms with van der Waals surface area (Å²) in [5.41, 5.74) is 0.649. The topological polar surface area (TPSA) is 42.4 Å². The second-order valence-electron chi connectivity index (χ2n) is 4.51. The molecule has 0 aliphatic heterocycles. The molecule has 0 radical (unpaired) electrons. The van der Waals surface area contributed by atoms with E-state index >= 15 is 0 Å². The van der Waals surface area contributed by atoms with Crippen molar-refractivity contribution in [1.29, 1.82) is 0 Å². The van der Waals surface area contributed by atoms with E-state index in [0.717, 1.165) is 12.1 Å². The normalized spacial score (nSPS) is 12.0. The van der Waals surface area contributed by atoms with Crippen molar-refractivity contribution in [2.75, 3.05) is 6.61 Å². The second-order valence-corrected chi connectivity index (χ2v) is 4.51. The maximum Gasteiger partial charge on any atom is 0.145 e. The van der Waals surface area contributed by atoms with Crippen LogP contribution in [0, 0.1) is 0 Å². The minimum atomic E-state index is -0.200. The number of hydrogen-bond acceptors (Lipinski definition) is 3. The van der Waals surface area contributed by atoms with Crippen molar-refractivity contribution < 1.29 is 9.84 Å². The number of pyridine rings is 1. The third-order valence-corrected chi connectivity index (χ3v) is 2.52. The van der Waals surface area contributed by atoms with E-state index in [1.54, 1.807) is 6.07 Å². The fourth-order valence-corrected chi connectivity index (χ4v) is 1.68. The maximum absolute atomic E-state index is 9.45. The van der Waals surface area contributed by atoms with Gasteiger partial charge in [0.15, 0.2) is 0 Å². The van der Waals surface area contributed by atoms with E-state index in [2.05, 4.69) is 37.9 Å². The first kappa shape index (κ1) is 13.6. The van der Waals surface area contributed by atoms with E-state index in [1.807, 2.05) is 6.92 Å². The number of allylic oxidation sites excluding steroid dienone is 2. The zero-order valence-corrected chi connectivity index (χ0v) is 11.0. The molecular formula is C14H21NO2. The number of rotatable bonds is 5. The van der Waals surface area contributed by atoms with Crippen LogP contribution in [0.15, 0.2) is 24.4 Å². The third-order valence-electron chi connectivity index (χ3n) is 2.52. The fraction of sp³-hybridized carbons (Fsp3) is 0.500. The third kappa shape index (κ3) is 3.48. The van der Waals surface area contributed by atoms with Crippen LogP contribution in [-0.2, 0) is 5.41 Å². The molecule has 0 aliphatic carbocycles. The molecule has 0 unspecified atom stereocenters. The molecule has 94 valence electrons. The molecule has 0 amide bonds. The molecule has 0 fully saturated rings. The van der Waals surface area contributed by atoms with Gasteiger partial charge in [0.2, 0.25) is 0 Å². The molecular weight excluding hydrogens is 214 g/mol. The molecule has 1 rings (SSSR count). The van der Waals surface area contributed by atoms with Crippen LogP contribution in [0.25, 0.3) is 0 Å². The van der Waals surface area contributed by atoms with E-state index in [9.17, 15) is 5.11 Å². The van der Waals surface area contributed by atoms with Crippen molar-refractivity contribution in [3.05, 3.63) is 30.1 Å². The minimum Gasteiger partial charge on any atom is -0.506 e. The van der Waals surface area contributed by atoms with E-state index in [1.165, 1.54) is 6.20 Å². The van der Waals surface area contributed by atoms with Crippen LogP contribution < -0.4 is 4.74 Å². The Balaban J connectivity index is 3.15. The van der Waals surface area contributed by atoms with E-state index < -0.39 is 0 Å². The molecule has 0 bridgehead atoms. The highest BCUT2D eigenvalue weighted by molar-refractivity contribution is 5.40. The Labute approximate surface area is 103 Å². The molecule has 0 spiro atoms. The van der Waals surface area contributed by atoms with Gasteiger partial charge >= 0.3 is 0 Å². The summed E-state index contributed by atoms with van der Waals surface area (Å²) < 4.78 is 5.53. The largest absolute Gasteiger partial charge is 0.506 e. The van der Waals surface area contributed by atoms with Gasteiger partial charge in [0.1, 0.15) is 11.5 Å². The fourth-order valence-electron chi connectivity index (χ4n) is 1.68. The standard InChI is InChI=1S/C14H21NO2/c1-5-7-8-14(3,4)13-12(17-6-2)9-11(16)10-15-13/h7-10,16H,5-6H2,1-4H3/b8-7-. The summed E-state index contributed by atoms with van der Waals surface area (Å²) in [4.78, 5) is 4.30. The van der Waals surface area contributed by atoms with E-state index in [0.29, 0.717) is 12.4 Å². The SMILES string of the molecule is CC/C=C\C(C)(C)c1ncc(O)cc1OCC. The van der Waals surface area contributed by atoms with Gasteiger partial charge < -0.3 is 9.84 Å². The number of hydrogen-bond donors (Lipinski definition) is 1. The molecule has 0 aromatic carbocycles. The smallest absolute Gasteiger partial charge is 0.145 e. The van der Waals surface area contributed by atoms with Crippen LogP contribution in [-0.4, -0.2) is 16.7 Å². The molecule has 0 atom stereocenters. The Kier molecular flexibility index (Phi) is 4.55. The lowest BCUT2D eigenvalue weighted by molar-refractivity contribution is 0.326. The number of aromatic nitrogens is 1. The van der Waals surface area contributed by atoms with Gasteiger partial charge in [-0.25, -0.2) is 0 Å². The molecule has 0 aliphatic rings. The molecule has 3 heteroatoms. The van der Waals surface area contributed by atoms with Gasteiger partial charge in [-0.05, 0) is 13.3 Å². The number of nitrogens with zero attached hydrogens (tertiary/aromatic N) is 1. The highest BCUT2D eigenvalue weighted by Crippen LogP contribution is 2.33. The molecule has 1 aromatic rings. The van der Waals surface area contributed by atoms with Crippen molar-refractivity contribution in [2.45, 2.75) is 39.5 Å². The predicted molar refractivity (Wildman–Crippen MR) is 69.5 cm³/mol. The summed E-state index contributed by atoms with van der Waals surface area (Å²) in [7, 11) is 0. The average molecular weight is 235 g/mol. The van der Waals surface area contributed by atoms with Crippen molar-refractivity contribution in [3.63, 3.8) is 0 Å². The highest BCUT2D eigenvalue weighted by atomic mass is 16.5. The van der Waals surface area contributed by atoms with Crippen LogP contribution in [0.2, 0.25) is 0 Å². The zero-order valence-electron chi connectivity index (χ0n) is 11.0. The summed E-state index contributed by atoms with van der Waals surface area (Å²) >= 11 is 0. The van der Waals surface area contributed by atoms with Gasteiger partial charge in [0, 0.05) is 11.5 Å². The second kappa shape index (κ2) is 5.71. The average Bonchev–Trinajstić information content (AvgIpc) is 2.27. The highest BCUT2D eigenvalue weighted by Gasteiger charge is 2.23. The first-order chi connectivity index (χ1) is 8.01. The molecule has 3 nitrogen and oxygen atoms in total. The number of aromatic hydroxyl groups is 1. The Morgan fingerprint density at radius 2 is 2.12 bits per heavy atom. The monoisotopic (exact) mass is 235 g/mol. The first-order valence-electron chi connectivity index (χ1n) is 6.01. The van der Waals surface area contributed by atoms with Gasteiger partial charge in [-0.15, -0.1) is 0 Å². The zero-order chi connectivity index (χ0) is 12.9. The van der Waals surface area contributed by atoms with Crippen LogP contribution in [0.4, 0.5) is 0 Å². The van der Waals surface area contributed by atoms with E-state index in [4.69, 9.17) is 4.74 Å². The lowest BCUT2D eigenvalue weighted by atomic mass is 9.87. The quantitative estimate of drug-likeness (QED) is 0.795. The summed E-state index contributed by atoms with van der Waals surface area (Å²) in [6.07, 6.45) is 6.68. The first-order valence-corrected chi connectivity index (χ1v) is 6.01. The Morgan fingerprint density at radius 1 is 1.41 bits per heavy atom. The van der Waals surface area contributed by atoms with Gasteiger partial charge in [-0.1, -0.05) is 32.9 Å².